The summed E-state index contributed by atoms with van der Waals surface area (Å²) in [4.78, 5) is 38.7. The summed E-state index contributed by atoms with van der Waals surface area (Å²) in [6.07, 6.45) is 12.6. The quantitative estimate of drug-likeness (QED) is 0.160. The molecule has 2 amide bonds. The normalized spacial score (nSPS) is 21.3. The largest absolute Gasteiger partial charge is 0.496 e. The highest BCUT2D eigenvalue weighted by atomic mass is 35.5. The number of pyridine rings is 1. The summed E-state index contributed by atoms with van der Waals surface area (Å²) in [6.45, 7) is 1.95. The van der Waals surface area contributed by atoms with Crippen molar-refractivity contribution >= 4 is 45.6 Å². The lowest BCUT2D eigenvalue weighted by Gasteiger charge is -2.35. The Balaban J connectivity index is 0.883. The number of aromatic nitrogens is 1. The first kappa shape index (κ1) is 36.0. The monoisotopic (exact) mass is 726 g/mol. The minimum atomic E-state index is -0.434. The van der Waals surface area contributed by atoms with Crippen LogP contribution in [0.1, 0.15) is 69.8 Å². The summed E-state index contributed by atoms with van der Waals surface area (Å²) in [6, 6.07) is 16.4. The van der Waals surface area contributed by atoms with Crippen molar-refractivity contribution in [1.29, 1.82) is 0 Å². The summed E-state index contributed by atoms with van der Waals surface area (Å²) in [5.74, 6) is 1.67. The molecule has 7 rings (SSSR count). The SMILES string of the molecule is COc1cc(-c2cn(C)c(=O)c3ccccc23)cc(F)c1CC1CCC(CCC2CCN(c3ccc(NC4CCC(=O)NC4=O)cc3Cl)CC2)CC1. The molecule has 3 fully saturated rings. The molecule has 52 heavy (non-hydrogen) atoms. The number of carbonyl (C=O) groups is 2. The number of piperidine rings is 2. The molecule has 8 nitrogen and oxygen atoms in total. The minimum absolute atomic E-state index is 0.0722. The Morgan fingerprint density at radius 3 is 2.27 bits per heavy atom. The topological polar surface area (TPSA) is 92.7 Å². The zero-order valence-corrected chi connectivity index (χ0v) is 30.8. The molecule has 1 saturated carbocycles. The van der Waals surface area contributed by atoms with Gasteiger partial charge in [0.15, 0.2) is 0 Å². The molecule has 4 aromatic rings. The van der Waals surface area contributed by atoms with E-state index in [1.54, 1.807) is 31.0 Å². The molecule has 2 aliphatic heterocycles. The Labute approximate surface area is 309 Å². The number of nitrogens with one attached hydrogen (secondary N) is 2. The van der Waals surface area contributed by atoms with Crippen LogP contribution in [0.5, 0.6) is 5.75 Å². The van der Waals surface area contributed by atoms with Crippen LogP contribution < -0.4 is 25.8 Å². The molecule has 0 spiro atoms. The van der Waals surface area contributed by atoms with Crippen molar-refractivity contribution in [2.75, 3.05) is 30.4 Å². The van der Waals surface area contributed by atoms with Gasteiger partial charge in [0.1, 0.15) is 17.6 Å². The third kappa shape index (κ3) is 7.85. The number of amides is 2. The van der Waals surface area contributed by atoms with E-state index in [0.29, 0.717) is 58.4 Å². The Bertz CT molecular complexity index is 2020. The van der Waals surface area contributed by atoms with Gasteiger partial charge in [-0.1, -0.05) is 55.5 Å². The molecular formula is C42H48ClFN4O4. The van der Waals surface area contributed by atoms with Crippen molar-refractivity contribution in [2.24, 2.45) is 24.8 Å². The molecule has 0 bridgehead atoms. The van der Waals surface area contributed by atoms with Crippen LogP contribution in [-0.4, -0.2) is 42.6 Å². The maximum absolute atomic E-state index is 15.8. The fourth-order valence-electron chi connectivity index (χ4n) is 8.63. The van der Waals surface area contributed by atoms with Gasteiger partial charge in [0, 0.05) is 55.0 Å². The zero-order valence-electron chi connectivity index (χ0n) is 30.1. The summed E-state index contributed by atoms with van der Waals surface area (Å²) in [7, 11) is 3.34. The molecule has 10 heteroatoms. The first-order valence-corrected chi connectivity index (χ1v) is 19.1. The summed E-state index contributed by atoms with van der Waals surface area (Å²) >= 11 is 6.71. The average Bonchev–Trinajstić information content (AvgIpc) is 3.15. The standard InChI is InChI=1S/C42H48ClFN4O4/c1-47-25-34(31-5-3-4-6-32(31)42(47)51)29-22-36(44)33(39(23-29)52-2)21-28-11-9-26(10-12-28)7-8-27-17-19-48(20-18-27)38-15-13-30(24-35(38)43)45-37-14-16-40(49)46-41(37)50/h3-6,13,15,22-28,37,45H,7-12,14,16-21H2,1-2H3,(H,46,49,50). The number of fused-ring (bicyclic) bond motifs is 1. The number of methoxy groups -OCH3 is 1. The minimum Gasteiger partial charge on any atom is -0.496 e. The third-order valence-electron chi connectivity index (χ3n) is 11.7. The maximum atomic E-state index is 15.8. The molecule has 274 valence electrons. The second-order valence-corrected chi connectivity index (χ2v) is 15.5. The Morgan fingerprint density at radius 1 is 0.885 bits per heavy atom. The van der Waals surface area contributed by atoms with Crippen LogP contribution in [0.25, 0.3) is 21.9 Å². The predicted octanol–water partition coefficient (Wildman–Crippen LogP) is 8.27. The molecule has 0 radical (unpaired) electrons. The van der Waals surface area contributed by atoms with E-state index in [2.05, 4.69) is 15.5 Å². The number of aryl methyl sites for hydroxylation is 1. The van der Waals surface area contributed by atoms with Gasteiger partial charge in [-0.15, -0.1) is 0 Å². The molecule has 3 aromatic carbocycles. The molecule has 1 aromatic heterocycles. The fourth-order valence-corrected chi connectivity index (χ4v) is 8.93. The van der Waals surface area contributed by atoms with Crippen LogP contribution in [0, 0.1) is 23.6 Å². The van der Waals surface area contributed by atoms with Crippen molar-refractivity contribution < 1.29 is 18.7 Å². The number of benzene rings is 3. The van der Waals surface area contributed by atoms with Crippen LogP contribution >= 0.6 is 11.6 Å². The summed E-state index contributed by atoms with van der Waals surface area (Å²) < 4.78 is 23.1. The number of hydrogen-bond donors (Lipinski definition) is 2. The van der Waals surface area contributed by atoms with E-state index in [1.165, 1.54) is 25.7 Å². The number of carbonyl (C=O) groups excluding carboxylic acids is 2. The lowest BCUT2D eigenvalue weighted by Crippen LogP contribution is -2.47. The number of hydrogen-bond acceptors (Lipinski definition) is 6. The lowest BCUT2D eigenvalue weighted by molar-refractivity contribution is -0.133. The molecule has 3 heterocycles. The maximum Gasteiger partial charge on any atom is 0.258 e. The smallest absolute Gasteiger partial charge is 0.258 e. The third-order valence-corrected chi connectivity index (χ3v) is 12.0. The van der Waals surface area contributed by atoms with E-state index in [-0.39, 0.29) is 23.2 Å². The summed E-state index contributed by atoms with van der Waals surface area (Å²) in [5, 5.41) is 7.69. The number of rotatable bonds is 10. The Kier molecular flexibility index (Phi) is 10.9. The number of nitrogens with zero attached hydrogens (tertiary/aromatic N) is 2. The molecule has 1 atom stereocenters. The second kappa shape index (κ2) is 15.7. The van der Waals surface area contributed by atoms with Crippen LogP contribution in [-0.2, 0) is 23.1 Å². The number of anilines is 2. The first-order chi connectivity index (χ1) is 25.2. The number of imide groups is 1. The highest BCUT2D eigenvalue weighted by molar-refractivity contribution is 6.33. The fraction of sp³-hybridized carbons (Fsp3) is 0.452. The van der Waals surface area contributed by atoms with E-state index in [4.69, 9.17) is 16.3 Å². The van der Waals surface area contributed by atoms with Gasteiger partial charge >= 0.3 is 0 Å². The Morgan fingerprint density at radius 2 is 1.58 bits per heavy atom. The average molecular weight is 727 g/mol. The van der Waals surface area contributed by atoms with Gasteiger partial charge in [0.2, 0.25) is 11.8 Å². The van der Waals surface area contributed by atoms with Gasteiger partial charge in [-0.25, -0.2) is 4.39 Å². The molecule has 1 unspecified atom stereocenters. The van der Waals surface area contributed by atoms with Crippen LogP contribution in [0.3, 0.4) is 0 Å². The van der Waals surface area contributed by atoms with E-state index in [1.807, 2.05) is 48.5 Å². The van der Waals surface area contributed by atoms with Crippen LogP contribution in [0.2, 0.25) is 5.02 Å². The number of ether oxygens (including phenoxy) is 1. The van der Waals surface area contributed by atoms with E-state index >= 15 is 4.39 Å². The molecular weight excluding hydrogens is 679 g/mol. The van der Waals surface area contributed by atoms with Crippen molar-refractivity contribution in [1.82, 2.24) is 9.88 Å². The summed E-state index contributed by atoms with van der Waals surface area (Å²) in [5.41, 5.74) is 3.90. The highest BCUT2D eigenvalue weighted by Crippen LogP contribution is 2.40. The van der Waals surface area contributed by atoms with Gasteiger partial charge < -0.3 is 19.5 Å². The van der Waals surface area contributed by atoms with E-state index in [9.17, 15) is 14.4 Å². The predicted molar refractivity (Wildman–Crippen MR) is 206 cm³/mol. The van der Waals surface area contributed by atoms with Gasteiger partial charge in [0.25, 0.3) is 5.56 Å². The first-order valence-electron chi connectivity index (χ1n) is 18.8. The van der Waals surface area contributed by atoms with Crippen molar-refractivity contribution in [3.8, 4) is 16.9 Å². The lowest BCUT2D eigenvalue weighted by atomic mass is 9.76. The molecule has 2 saturated heterocycles. The van der Waals surface area contributed by atoms with Gasteiger partial charge in [-0.3, -0.25) is 19.7 Å². The van der Waals surface area contributed by atoms with Gasteiger partial charge in [0.05, 0.1) is 17.8 Å². The second-order valence-electron chi connectivity index (χ2n) is 15.1. The van der Waals surface area contributed by atoms with Crippen molar-refractivity contribution in [2.45, 2.75) is 76.7 Å². The number of halogens is 2. The molecule has 2 N–H and O–H groups in total. The zero-order chi connectivity index (χ0) is 36.4. The van der Waals surface area contributed by atoms with E-state index < -0.39 is 6.04 Å². The molecule has 3 aliphatic rings. The highest BCUT2D eigenvalue weighted by Gasteiger charge is 2.28. The van der Waals surface area contributed by atoms with Gasteiger partial charge in [-0.2, -0.15) is 0 Å². The van der Waals surface area contributed by atoms with E-state index in [0.717, 1.165) is 67.0 Å². The molecule has 1 aliphatic carbocycles. The van der Waals surface area contributed by atoms with Gasteiger partial charge in [-0.05, 0) is 104 Å². The van der Waals surface area contributed by atoms with Crippen LogP contribution in [0.15, 0.2) is 65.6 Å². The van der Waals surface area contributed by atoms with Crippen molar-refractivity contribution in [3.05, 3.63) is 87.6 Å². The van der Waals surface area contributed by atoms with Crippen molar-refractivity contribution in [3.63, 3.8) is 0 Å². The Hall–Kier alpha value is -4.37. The van der Waals surface area contributed by atoms with Crippen LogP contribution in [0.4, 0.5) is 15.8 Å².